The van der Waals surface area contributed by atoms with Gasteiger partial charge in [0.15, 0.2) is 0 Å². The zero-order valence-electron chi connectivity index (χ0n) is 8.79. The van der Waals surface area contributed by atoms with Gasteiger partial charge in [0.25, 0.3) is 0 Å². The molecule has 0 saturated carbocycles. The van der Waals surface area contributed by atoms with Crippen LogP contribution in [0.4, 0.5) is 5.69 Å². The van der Waals surface area contributed by atoms with E-state index < -0.39 is 0 Å². The van der Waals surface area contributed by atoms with Crippen LogP contribution < -0.4 is 5.32 Å². The van der Waals surface area contributed by atoms with Gasteiger partial charge in [-0.2, -0.15) is 0 Å². The van der Waals surface area contributed by atoms with E-state index in [4.69, 9.17) is 0 Å². The molecule has 0 spiro atoms. The first kappa shape index (κ1) is 10.3. The second kappa shape index (κ2) is 4.52. The van der Waals surface area contributed by atoms with Gasteiger partial charge in [-0.15, -0.1) is 5.10 Å². The van der Waals surface area contributed by atoms with Crippen molar-refractivity contribution in [2.24, 2.45) is 0 Å². The van der Waals surface area contributed by atoms with Crippen molar-refractivity contribution >= 4 is 11.6 Å². The third kappa shape index (κ3) is 2.63. The first-order valence-corrected chi connectivity index (χ1v) is 4.81. The second-order valence-electron chi connectivity index (χ2n) is 3.43. The van der Waals surface area contributed by atoms with Gasteiger partial charge in [0.05, 0.1) is 0 Å². The summed E-state index contributed by atoms with van der Waals surface area (Å²) in [6.45, 7) is 2.08. The SMILES string of the molecule is Cc1cccc(NC(=O)Cn2cnnn2)c1. The van der Waals surface area contributed by atoms with Gasteiger partial charge in [-0.25, -0.2) is 4.68 Å². The fourth-order valence-electron chi connectivity index (χ4n) is 1.32. The Morgan fingerprint density at radius 3 is 3.06 bits per heavy atom. The average Bonchev–Trinajstić information content (AvgIpc) is 2.70. The van der Waals surface area contributed by atoms with E-state index in [1.165, 1.54) is 11.0 Å². The number of carbonyl (C=O) groups is 1. The van der Waals surface area contributed by atoms with E-state index in [9.17, 15) is 4.79 Å². The van der Waals surface area contributed by atoms with E-state index in [2.05, 4.69) is 20.8 Å². The minimum Gasteiger partial charge on any atom is -0.324 e. The molecule has 6 nitrogen and oxygen atoms in total. The molecule has 6 heteroatoms. The van der Waals surface area contributed by atoms with Crippen molar-refractivity contribution < 1.29 is 4.79 Å². The maximum atomic E-state index is 11.6. The zero-order chi connectivity index (χ0) is 11.4. The van der Waals surface area contributed by atoms with Crippen LogP contribution in [0.1, 0.15) is 5.56 Å². The fourth-order valence-corrected chi connectivity index (χ4v) is 1.32. The Kier molecular flexibility index (Phi) is 2.90. The van der Waals surface area contributed by atoms with Gasteiger partial charge in [-0.05, 0) is 35.0 Å². The summed E-state index contributed by atoms with van der Waals surface area (Å²) >= 11 is 0. The Morgan fingerprint density at radius 1 is 1.50 bits per heavy atom. The number of hydrogen-bond donors (Lipinski definition) is 1. The molecule has 0 fully saturated rings. The lowest BCUT2D eigenvalue weighted by Gasteiger charge is -2.05. The average molecular weight is 217 g/mol. The maximum Gasteiger partial charge on any atom is 0.246 e. The van der Waals surface area contributed by atoms with E-state index in [1.807, 2.05) is 31.2 Å². The van der Waals surface area contributed by atoms with Gasteiger partial charge < -0.3 is 5.32 Å². The standard InChI is InChI=1S/C10H11N5O/c1-8-3-2-4-9(5-8)12-10(16)6-15-7-11-13-14-15/h2-5,7H,6H2,1H3,(H,12,16). The summed E-state index contributed by atoms with van der Waals surface area (Å²) in [4.78, 5) is 11.6. The number of nitrogens with one attached hydrogen (secondary N) is 1. The summed E-state index contributed by atoms with van der Waals surface area (Å²) in [6, 6.07) is 7.60. The van der Waals surface area contributed by atoms with Gasteiger partial charge in [-0.1, -0.05) is 12.1 Å². The molecular weight excluding hydrogens is 206 g/mol. The zero-order valence-corrected chi connectivity index (χ0v) is 8.79. The molecule has 0 aliphatic carbocycles. The largest absolute Gasteiger partial charge is 0.324 e. The van der Waals surface area contributed by atoms with Crippen LogP contribution in [0.25, 0.3) is 0 Å². The van der Waals surface area contributed by atoms with Crippen molar-refractivity contribution in [3.8, 4) is 0 Å². The van der Waals surface area contributed by atoms with Crippen molar-refractivity contribution in [3.63, 3.8) is 0 Å². The number of nitrogens with zero attached hydrogens (tertiary/aromatic N) is 4. The van der Waals surface area contributed by atoms with E-state index in [0.29, 0.717) is 0 Å². The lowest BCUT2D eigenvalue weighted by atomic mass is 10.2. The van der Waals surface area contributed by atoms with Crippen molar-refractivity contribution in [1.82, 2.24) is 20.2 Å². The summed E-state index contributed by atoms with van der Waals surface area (Å²) < 4.78 is 1.37. The van der Waals surface area contributed by atoms with Crippen molar-refractivity contribution in [2.75, 3.05) is 5.32 Å². The van der Waals surface area contributed by atoms with Gasteiger partial charge in [0.2, 0.25) is 5.91 Å². The van der Waals surface area contributed by atoms with Crippen LogP contribution in [0.3, 0.4) is 0 Å². The Bertz CT molecular complexity index is 480. The highest BCUT2D eigenvalue weighted by Gasteiger charge is 2.04. The van der Waals surface area contributed by atoms with Crippen LogP contribution in [0, 0.1) is 6.92 Å². The van der Waals surface area contributed by atoms with E-state index in [0.717, 1.165) is 11.3 Å². The minimum atomic E-state index is -0.155. The predicted molar refractivity (Wildman–Crippen MR) is 57.6 cm³/mol. The smallest absolute Gasteiger partial charge is 0.246 e. The first-order chi connectivity index (χ1) is 7.74. The minimum absolute atomic E-state index is 0.112. The number of amides is 1. The number of carbonyl (C=O) groups excluding carboxylic acids is 1. The summed E-state index contributed by atoms with van der Waals surface area (Å²) in [5.41, 5.74) is 1.87. The van der Waals surface area contributed by atoms with Crippen molar-refractivity contribution in [1.29, 1.82) is 0 Å². The molecule has 0 atom stereocenters. The molecule has 2 rings (SSSR count). The number of aryl methyl sites for hydroxylation is 1. The monoisotopic (exact) mass is 217 g/mol. The molecule has 1 N–H and O–H groups in total. The molecule has 0 unspecified atom stereocenters. The molecule has 0 radical (unpaired) electrons. The molecule has 16 heavy (non-hydrogen) atoms. The predicted octanol–water partition coefficient (Wildman–Crippen LogP) is 0.620. The van der Waals surface area contributed by atoms with Gasteiger partial charge >= 0.3 is 0 Å². The van der Waals surface area contributed by atoms with E-state index >= 15 is 0 Å². The molecular formula is C10H11N5O. The van der Waals surface area contributed by atoms with Crippen molar-refractivity contribution in [3.05, 3.63) is 36.2 Å². The lowest BCUT2D eigenvalue weighted by Crippen LogP contribution is -2.19. The summed E-state index contributed by atoms with van der Waals surface area (Å²) in [5, 5.41) is 13.3. The Labute approximate surface area is 92.3 Å². The highest BCUT2D eigenvalue weighted by Crippen LogP contribution is 2.09. The highest BCUT2D eigenvalue weighted by molar-refractivity contribution is 5.90. The quantitative estimate of drug-likeness (QED) is 0.818. The Hall–Kier alpha value is -2.24. The summed E-state index contributed by atoms with van der Waals surface area (Å²) in [6.07, 6.45) is 1.40. The Morgan fingerprint density at radius 2 is 2.38 bits per heavy atom. The molecule has 1 amide bonds. The molecule has 1 aromatic carbocycles. The van der Waals surface area contributed by atoms with Crippen molar-refractivity contribution in [2.45, 2.75) is 13.5 Å². The third-order valence-corrected chi connectivity index (χ3v) is 2.00. The molecule has 1 heterocycles. The molecule has 0 aliphatic rings. The summed E-state index contributed by atoms with van der Waals surface area (Å²) in [7, 11) is 0. The van der Waals surface area contributed by atoms with Crippen LogP contribution in [0.15, 0.2) is 30.6 Å². The van der Waals surface area contributed by atoms with Crippen LogP contribution in [-0.2, 0) is 11.3 Å². The fraction of sp³-hybridized carbons (Fsp3) is 0.200. The second-order valence-corrected chi connectivity index (χ2v) is 3.43. The maximum absolute atomic E-state index is 11.6. The third-order valence-electron chi connectivity index (χ3n) is 2.00. The van der Waals surface area contributed by atoms with Gasteiger partial charge in [0.1, 0.15) is 12.9 Å². The molecule has 82 valence electrons. The molecule has 0 bridgehead atoms. The summed E-state index contributed by atoms with van der Waals surface area (Å²) in [5.74, 6) is -0.155. The van der Waals surface area contributed by atoms with Crippen LogP contribution in [0.5, 0.6) is 0 Å². The number of aromatic nitrogens is 4. The number of hydrogen-bond acceptors (Lipinski definition) is 4. The first-order valence-electron chi connectivity index (χ1n) is 4.81. The van der Waals surface area contributed by atoms with Gasteiger partial charge in [-0.3, -0.25) is 4.79 Å². The van der Waals surface area contributed by atoms with Crippen LogP contribution >= 0.6 is 0 Å². The molecule has 0 saturated heterocycles. The number of anilines is 1. The molecule has 2 aromatic rings. The molecule has 0 aliphatic heterocycles. The number of tetrazole rings is 1. The van der Waals surface area contributed by atoms with Gasteiger partial charge in [0, 0.05) is 5.69 Å². The Balaban J connectivity index is 1.97. The number of rotatable bonds is 3. The van der Waals surface area contributed by atoms with Crippen LogP contribution in [0.2, 0.25) is 0 Å². The highest BCUT2D eigenvalue weighted by atomic mass is 16.2. The lowest BCUT2D eigenvalue weighted by molar-refractivity contribution is -0.116. The normalized spacial score (nSPS) is 10.1. The van der Waals surface area contributed by atoms with Crippen LogP contribution in [-0.4, -0.2) is 26.1 Å². The van der Waals surface area contributed by atoms with E-state index in [1.54, 1.807) is 0 Å². The topological polar surface area (TPSA) is 72.7 Å². The van der Waals surface area contributed by atoms with E-state index in [-0.39, 0.29) is 12.5 Å². The molecule has 1 aromatic heterocycles. The number of benzene rings is 1.